The number of anilines is 1. The fraction of sp³-hybridized carbons (Fsp3) is 0.250. The highest BCUT2D eigenvalue weighted by molar-refractivity contribution is 5.25. The van der Waals surface area contributed by atoms with Gasteiger partial charge in [0.2, 0.25) is 5.95 Å². The van der Waals surface area contributed by atoms with Gasteiger partial charge in [-0.1, -0.05) is 29.8 Å². The van der Waals surface area contributed by atoms with Gasteiger partial charge in [-0.05, 0) is 19.4 Å². The second-order valence-corrected chi connectivity index (χ2v) is 3.82. The Morgan fingerprint density at radius 1 is 1.00 bits per heavy atom. The van der Waals surface area contributed by atoms with Crippen molar-refractivity contribution in [1.29, 1.82) is 0 Å². The zero-order valence-electron chi connectivity index (χ0n) is 9.44. The molecule has 0 spiro atoms. The van der Waals surface area contributed by atoms with Crippen LogP contribution in [-0.4, -0.2) is 15.0 Å². The van der Waals surface area contributed by atoms with Gasteiger partial charge in [-0.3, -0.25) is 0 Å². The number of aromatic nitrogens is 3. The molecule has 0 amide bonds. The Bertz CT molecular complexity index is 471. The lowest BCUT2D eigenvalue weighted by atomic mass is 10.1. The number of nitrogen functional groups attached to an aromatic ring is 1. The van der Waals surface area contributed by atoms with E-state index in [1.807, 2.05) is 6.92 Å². The van der Waals surface area contributed by atoms with Gasteiger partial charge in [-0.25, -0.2) is 4.98 Å². The molecular formula is C12H14N4. The van der Waals surface area contributed by atoms with Gasteiger partial charge in [0.25, 0.3) is 0 Å². The standard InChI is InChI=1S/C12H14N4/c1-8-3-5-10(6-4-8)7-11-14-9(2)15-12(13)16-11/h3-6H,7H2,1-2H3,(H2,13,14,15,16). The van der Waals surface area contributed by atoms with E-state index in [-0.39, 0.29) is 5.95 Å². The molecule has 82 valence electrons. The molecule has 0 saturated heterocycles. The minimum atomic E-state index is 0.287. The van der Waals surface area contributed by atoms with E-state index in [0.717, 1.165) is 0 Å². The molecule has 0 radical (unpaired) electrons. The quantitative estimate of drug-likeness (QED) is 0.825. The van der Waals surface area contributed by atoms with Crippen LogP contribution in [0.15, 0.2) is 24.3 Å². The first kappa shape index (κ1) is 10.5. The van der Waals surface area contributed by atoms with Crippen LogP contribution in [0.1, 0.15) is 22.8 Å². The summed E-state index contributed by atoms with van der Waals surface area (Å²) in [6.45, 7) is 3.88. The van der Waals surface area contributed by atoms with Crippen molar-refractivity contribution in [2.45, 2.75) is 20.3 Å². The summed E-state index contributed by atoms with van der Waals surface area (Å²) in [6.07, 6.45) is 0.688. The number of nitrogens with zero attached hydrogens (tertiary/aromatic N) is 3. The van der Waals surface area contributed by atoms with E-state index in [9.17, 15) is 0 Å². The van der Waals surface area contributed by atoms with Crippen LogP contribution >= 0.6 is 0 Å². The Morgan fingerprint density at radius 3 is 2.31 bits per heavy atom. The lowest BCUT2D eigenvalue weighted by Gasteiger charge is -2.03. The molecule has 0 fully saturated rings. The van der Waals surface area contributed by atoms with Crippen molar-refractivity contribution in [3.63, 3.8) is 0 Å². The van der Waals surface area contributed by atoms with Crippen molar-refractivity contribution in [1.82, 2.24) is 15.0 Å². The van der Waals surface area contributed by atoms with Gasteiger partial charge in [-0.15, -0.1) is 0 Å². The van der Waals surface area contributed by atoms with Gasteiger partial charge in [0, 0.05) is 6.42 Å². The highest BCUT2D eigenvalue weighted by Crippen LogP contribution is 2.08. The molecule has 0 bridgehead atoms. The molecule has 4 heteroatoms. The minimum Gasteiger partial charge on any atom is -0.368 e. The topological polar surface area (TPSA) is 64.7 Å². The van der Waals surface area contributed by atoms with E-state index in [2.05, 4.69) is 46.1 Å². The number of hydrogen-bond acceptors (Lipinski definition) is 4. The van der Waals surface area contributed by atoms with Gasteiger partial charge < -0.3 is 5.73 Å². The molecule has 2 rings (SSSR count). The molecule has 0 unspecified atom stereocenters. The van der Waals surface area contributed by atoms with Crippen molar-refractivity contribution in [2.24, 2.45) is 0 Å². The van der Waals surface area contributed by atoms with Gasteiger partial charge in [-0.2, -0.15) is 9.97 Å². The maximum absolute atomic E-state index is 5.57. The van der Waals surface area contributed by atoms with E-state index >= 15 is 0 Å². The Kier molecular flexibility index (Phi) is 2.81. The summed E-state index contributed by atoms with van der Waals surface area (Å²) in [5.41, 5.74) is 8.00. The molecule has 16 heavy (non-hydrogen) atoms. The zero-order valence-corrected chi connectivity index (χ0v) is 9.44. The van der Waals surface area contributed by atoms with Crippen LogP contribution in [0.2, 0.25) is 0 Å². The summed E-state index contributed by atoms with van der Waals surface area (Å²) in [4.78, 5) is 12.3. The fourth-order valence-electron chi connectivity index (χ4n) is 1.53. The van der Waals surface area contributed by atoms with Crippen LogP contribution in [0.3, 0.4) is 0 Å². The third-order valence-corrected chi connectivity index (χ3v) is 2.29. The summed E-state index contributed by atoms with van der Waals surface area (Å²) in [7, 11) is 0. The Balaban J connectivity index is 2.23. The average molecular weight is 214 g/mol. The van der Waals surface area contributed by atoms with E-state index in [1.165, 1.54) is 11.1 Å². The van der Waals surface area contributed by atoms with Crippen LogP contribution in [-0.2, 0) is 6.42 Å². The second kappa shape index (κ2) is 4.26. The Labute approximate surface area is 94.6 Å². The second-order valence-electron chi connectivity index (χ2n) is 3.82. The Morgan fingerprint density at radius 2 is 1.69 bits per heavy atom. The predicted molar refractivity (Wildman–Crippen MR) is 63.0 cm³/mol. The van der Waals surface area contributed by atoms with Crippen molar-refractivity contribution in [3.05, 3.63) is 47.0 Å². The van der Waals surface area contributed by atoms with Crippen LogP contribution in [0.25, 0.3) is 0 Å². The maximum Gasteiger partial charge on any atom is 0.223 e. The van der Waals surface area contributed by atoms with E-state index in [4.69, 9.17) is 5.73 Å². The van der Waals surface area contributed by atoms with Gasteiger partial charge in [0.1, 0.15) is 11.6 Å². The monoisotopic (exact) mass is 214 g/mol. The Hall–Kier alpha value is -1.97. The summed E-state index contributed by atoms with van der Waals surface area (Å²) >= 11 is 0. The first-order valence-electron chi connectivity index (χ1n) is 5.16. The zero-order chi connectivity index (χ0) is 11.5. The van der Waals surface area contributed by atoms with Crippen molar-refractivity contribution in [2.75, 3.05) is 5.73 Å². The van der Waals surface area contributed by atoms with Gasteiger partial charge in [0.05, 0.1) is 0 Å². The lowest BCUT2D eigenvalue weighted by molar-refractivity contribution is 0.889. The van der Waals surface area contributed by atoms with Crippen LogP contribution < -0.4 is 5.73 Å². The number of nitrogens with two attached hydrogens (primary N) is 1. The van der Waals surface area contributed by atoms with Crippen molar-refractivity contribution >= 4 is 5.95 Å². The smallest absolute Gasteiger partial charge is 0.223 e. The summed E-state index contributed by atoms with van der Waals surface area (Å²) in [5, 5.41) is 0. The summed E-state index contributed by atoms with van der Waals surface area (Å²) < 4.78 is 0. The molecule has 2 aromatic rings. The molecule has 4 nitrogen and oxygen atoms in total. The molecule has 0 atom stereocenters. The first-order chi connectivity index (χ1) is 7.63. The molecule has 0 aliphatic heterocycles. The number of aryl methyl sites for hydroxylation is 2. The molecule has 1 heterocycles. The highest BCUT2D eigenvalue weighted by atomic mass is 15.1. The third-order valence-electron chi connectivity index (χ3n) is 2.29. The van der Waals surface area contributed by atoms with E-state index in [0.29, 0.717) is 18.1 Å². The number of hydrogen-bond donors (Lipinski definition) is 1. The fourth-order valence-corrected chi connectivity index (χ4v) is 1.53. The number of benzene rings is 1. The first-order valence-corrected chi connectivity index (χ1v) is 5.16. The molecular weight excluding hydrogens is 200 g/mol. The maximum atomic E-state index is 5.57. The molecule has 0 aliphatic rings. The third kappa shape index (κ3) is 2.53. The molecule has 0 saturated carbocycles. The van der Waals surface area contributed by atoms with E-state index < -0.39 is 0 Å². The SMILES string of the molecule is Cc1ccc(Cc2nc(C)nc(N)n2)cc1. The molecule has 2 N–H and O–H groups in total. The van der Waals surface area contributed by atoms with E-state index in [1.54, 1.807) is 0 Å². The summed E-state index contributed by atoms with van der Waals surface area (Å²) in [5.74, 6) is 1.66. The average Bonchev–Trinajstić information content (AvgIpc) is 2.20. The predicted octanol–water partition coefficient (Wildman–Crippen LogP) is 1.66. The minimum absolute atomic E-state index is 0.287. The van der Waals surface area contributed by atoms with Crippen molar-refractivity contribution in [3.8, 4) is 0 Å². The van der Waals surface area contributed by atoms with Gasteiger partial charge in [0.15, 0.2) is 0 Å². The van der Waals surface area contributed by atoms with Crippen LogP contribution in [0.5, 0.6) is 0 Å². The largest absolute Gasteiger partial charge is 0.368 e. The van der Waals surface area contributed by atoms with Crippen molar-refractivity contribution < 1.29 is 0 Å². The summed E-state index contributed by atoms with van der Waals surface area (Å²) in [6, 6.07) is 8.30. The van der Waals surface area contributed by atoms with Crippen LogP contribution in [0, 0.1) is 13.8 Å². The molecule has 0 aliphatic carbocycles. The van der Waals surface area contributed by atoms with Crippen LogP contribution in [0.4, 0.5) is 5.95 Å². The lowest BCUT2D eigenvalue weighted by Crippen LogP contribution is -2.05. The normalized spacial score (nSPS) is 10.4. The molecule has 1 aromatic carbocycles. The van der Waals surface area contributed by atoms with Gasteiger partial charge >= 0.3 is 0 Å². The number of rotatable bonds is 2. The molecule has 1 aromatic heterocycles. The highest BCUT2D eigenvalue weighted by Gasteiger charge is 2.02.